The number of amides is 4. The fourth-order valence-corrected chi connectivity index (χ4v) is 7.22. The van der Waals surface area contributed by atoms with Crippen molar-refractivity contribution in [3.8, 4) is 11.1 Å². The summed E-state index contributed by atoms with van der Waals surface area (Å²) >= 11 is 0. The lowest BCUT2D eigenvalue weighted by molar-refractivity contribution is -0.130. The van der Waals surface area contributed by atoms with Crippen molar-refractivity contribution >= 4 is 40.4 Å². The number of rotatable bonds is 22. The number of aromatic amines is 2. The van der Waals surface area contributed by atoms with Gasteiger partial charge in [0.05, 0.1) is 57.2 Å². The first-order valence-corrected chi connectivity index (χ1v) is 21.3. The minimum Gasteiger partial charge on any atom is -0.444 e. The van der Waals surface area contributed by atoms with Gasteiger partial charge in [-0.15, -0.1) is 0 Å². The molecule has 62 heavy (non-hydrogen) atoms. The summed E-state index contributed by atoms with van der Waals surface area (Å²) in [4.78, 5) is 64.6. The second-order valence-corrected chi connectivity index (χ2v) is 16.5. The summed E-state index contributed by atoms with van der Waals surface area (Å²) in [5.41, 5.74) is 4.37. The van der Waals surface area contributed by atoms with Gasteiger partial charge in [-0.25, -0.2) is 4.79 Å². The van der Waals surface area contributed by atoms with Crippen LogP contribution >= 0.6 is 0 Å². The van der Waals surface area contributed by atoms with E-state index in [9.17, 15) is 24.0 Å². The molecule has 1 aliphatic carbocycles. The smallest absolute Gasteiger partial charge is 0.407 e. The van der Waals surface area contributed by atoms with Crippen LogP contribution in [0.25, 0.3) is 22.0 Å². The van der Waals surface area contributed by atoms with Crippen LogP contribution < -0.4 is 26.8 Å². The van der Waals surface area contributed by atoms with Crippen LogP contribution in [0.4, 0.5) is 10.5 Å². The highest BCUT2D eigenvalue weighted by atomic mass is 16.6. The number of alkyl carbamates (subject to hydrolysis) is 1. The maximum absolute atomic E-state index is 13.9. The number of aromatic nitrogens is 2. The molecule has 4 amide bonds. The van der Waals surface area contributed by atoms with Crippen molar-refractivity contribution in [3.63, 3.8) is 0 Å². The van der Waals surface area contributed by atoms with Gasteiger partial charge in [-0.2, -0.15) is 0 Å². The fourth-order valence-electron chi connectivity index (χ4n) is 7.22. The molecular formula is C46H62N6O10. The van der Waals surface area contributed by atoms with E-state index in [4.69, 9.17) is 23.7 Å². The monoisotopic (exact) mass is 858 g/mol. The van der Waals surface area contributed by atoms with Crippen LogP contribution in [0.2, 0.25) is 0 Å². The topological polar surface area (TPSA) is 211 Å². The summed E-state index contributed by atoms with van der Waals surface area (Å²) in [6.07, 6.45) is 2.55. The van der Waals surface area contributed by atoms with Crippen LogP contribution in [-0.2, 0) is 39.7 Å². The lowest BCUT2D eigenvalue weighted by Gasteiger charge is -2.29. The Labute approximate surface area is 362 Å². The Morgan fingerprint density at radius 2 is 1.47 bits per heavy atom. The predicted octanol–water partition coefficient (Wildman–Crippen LogP) is 5.25. The molecule has 16 nitrogen and oxygen atoms in total. The number of methoxy groups -OCH3 is 1. The average molecular weight is 859 g/mol. The van der Waals surface area contributed by atoms with E-state index in [-0.39, 0.29) is 35.6 Å². The number of anilines is 1. The molecule has 1 aromatic heterocycles. The zero-order valence-electron chi connectivity index (χ0n) is 36.5. The third kappa shape index (κ3) is 15.1. The molecule has 0 aliphatic heterocycles. The Kier molecular flexibility index (Phi) is 18.1. The largest absolute Gasteiger partial charge is 0.444 e. The number of ether oxygens (including phenoxy) is 5. The molecule has 1 heterocycles. The highest BCUT2D eigenvalue weighted by Crippen LogP contribution is 2.29. The second-order valence-electron chi connectivity index (χ2n) is 16.5. The van der Waals surface area contributed by atoms with Crippen LogP contribution in [0, 0.1) is 18.8 Å². The molecule has 4 aromatic rings. The molecule has 16 heteroatoms. The van der Waals surface area contributed by atoms with E-state index in [1.54, 1.807) is 31.4 Å². The summed E-state index contributed by atoms with van der Waals surface area (Å²) in [7, 11) is 1.63. The lowest BCUT2D eigenvalue weighted by atomic mass is 9.81. The van der Waals surface area contributed by atoms with E-state index in [0.717, 1.165) is 35.1 Å². The standard InChI is InChI=1S/C46H62N6O10/c1-30-26-35(41(53)47-18-19-59-22-23-61-25-24-60-21-20-58-5)14-16-37(30)33-10-6-31(7-11-33)27-40(44(56)49-36-15-17-38-39(28-36)51-52-43(38)55)50-42(54)34-12-8-32(9-13-34)29-48-45(57)62-46(2,3)4/h6-7,10-11,14-17,26,28,32,34,40H,8-9,12-13,18-25,27,29H2,1-5H3,(H,47,53)(H,48,57)(H,49,56)(H,50,54)(H2,51,52,55). The summed E-state index contributed by atoms with van der Waals surface area (Å²) in [5.74, 6) is -0.837. The van der Waals surface area contributed by atoms with Gasteiger partial charge in [0.15, 0.2) is 0 Å². The molecule has 1 unspecified atom stereocenters. The number of hydrogen-bond donors (Lipinski definition) is 6. The average Bonchev–Trinajstić information content (AvgIpc) is 3.62. The van der Waals surface area contributed by atoms with Gasteiger partial charge in [-0.05, 0) is 112 Å². The molecular weight excluding hydrogens is 797 g/mol. The van der Waals surface area contributed by atoms with Gasteiger partial charge in [0.25, 0.3) is 11.5 Å². The van der Waals surface area contributed by atoms with E-state index in [0.29, 0.717) is 94.3 Å². The molecule has 5 rings (SSSR count). The number of carbonyl (C=O) groups is 4. The van der Waals surface area contributed by atoms with Gasteiger partial charge in [0.2, 0.25) is 11.8 Å². The maximum atomic E-state index is 13.9. The van der Waals surface area contributed by atoms with Crippen molar-refractivity contribution in [2.45, 2.75) is 71.4 Å². The van der Waals surface area contributed by atoms with Gasteiger partial charge in [0.1, 0.15) is 11.6 Å². The van der Waals surface area contributed by atoms with Gasteiger partial charge in [-0.3, -0.25) is 29.4 Å². The number of aryl methyl sites for hydroxylation is 1. The first-order chi connectivity index (χ1) is 29.8. The number of nitrogens with one attached hydrogen (secondary N) is 6. The number of fused-ring (bicyclic) bond motifs is 1. The molecule has 0 radical (unpaired) electrons. The van der Waals surface area contributed by atoms with Crippen LogP contribution in [0.1, 0.15) is 67.9 Å². The Bertz CT molecular complexity index is 2140. The minimum atomic E-state index is -0.893. The van der Waals surface area contributed by atoms with Crippen LogP contribution in [0.5, 0.6) is 0 Å². The fraction of sp³-hybridized carbons (Fsp3) is 0.500. The normalized spacial score (nSPS) is 15.8. The lowest BCUT2D eigenvalue weighted by Crippen LogP contribution is -2.48. The molecule has 1 aliphatic rings. The number of hydrogen-bond acceptors (Lipinski definition) is 10. The van der Waals surface area contributed by atoms with E-state index in [1.807, 2.05) is 64.1 Å². The zero-order valence-corrected chi connectivity index (χ0v) is 36.5. The Morgan fingerprint density at radius 3 is 2.13 bits per heavy atom. The molecule has 336 valence electrons. The molecule has 0 saturated heterocycles. The summed E-state index contributed by atoms with van der Waals surface area (Å²) < 4.78 is 26.6. The number of H-pyrrole nitrogens is 2. The molecule has 1 saturated carbocycles. The second kappa shape index (κ2) is 23.6. The summed E-state index contributed by atoms with van der Waals surface area (Å²) in [6, 6.07) is 17.4. The van der Waals surface area contributed by atoms with Crippen LogP contribution in [0.15, 0.2) is 65.5 Å². The van der Waals surface area contributed by atoms with Gasteiger partial charge >= 0.3 is 6.09 Å². The Hall–Kier alpha value is -5.55. The van der Waals surface area contributed by atoms with E-state index in [1.165, 1.54) is 0 Å². The van der Waals surface area contributed by atoms with Crippen molar-refractivity contribution in [1.82, 2.24) is 26.1 Å². The van der Waals surface area contributed by atoms with Gasteiger partial charge < -0.3 is 45.0 Å². The van der Waals surface area contributed by atoms with Gasteiger partial charge in [0, 0.05) is 43.8 Å². The molecule has 0 bridgehead atoms. The highest BCUT2D eigenvalue weighted by molar-refractivity contribution is 5.99. The number of benzene rings is 3. The van der Waals surface area contributed by atoms with Crippen LogP contribution in [-0.4, -0.2) is 112 Å². The Morgan fingerprint density at radius 1 is 0.790 bits per heavy atom. The van der Waals surface area contributed by atoms with Crippen molar-refractivity contribution in [2.24, 2.45) is 11.8 Å². The van der Waals surface area contributed by atoms with Crippen molar-refractivity contribution < 1.29 is 42.9 Å². The highest BCUT2D eigenvalue weighted by Gasteiger charge is 2.30. The van der Waals surface area contributed by atoms with Crippen molar-refractivity contribution in [2.75, 3.05) is 71.8 Å². The summed E-state index contributed by atoms with van der Waals surface area (Å²) in [5, 5.41) is 17.5. The first-order valence-electron chi connectivity index (χ1n) is 21.3. The number of carbonyl (C=O) groups excluding carboxylic acids is 4. The zero-order chi connectivity index (χ0) is 44.5. The quantitative estimate of drug-likeness (QED) is 0.0565. The Balaban J connectivity index is 1.15. The third-order valence-electron chi connectivity index (χ3n) is 10.5. The van der Waals surface area contributed by atoms with E-state index in [2.05, 4.69) is 31.5 Å². The molecule has 1 atom stereocenters. The van der Waals surface area contributed by atoms with Crippen LogP contribution in [0.3, 0.4) is 0 Å². The molecule has 3 aromatic carbocycles. The maximum Gasteiger partial charge on any atom is 0.407 e. The molecule has 1 fully saturated rings. The SMILES string of the molecule is COCCOCCOCCOCCNC(=O)c1ccc(-c2ccc(CC(NC(=O)C3CCC(CNC(=O)OC(C)(C)C)CC3)C(=O)Nc3ccc4c(=O)[nH][nH]c4c3)cc2)c(C)c1. The molecule has 6 N–H and O–H groups in total. The van der Waals surface area contributed by atoms with Crippen molar-refractivity contribution in [3.05, 3.63) is 87.7 Å². The predicted molar refractivity (Wildman–Crippen MR) is 236 cm³/mol. The van der Waals surface area contributed by atoms with Crippen molar-refractivity contribution in [1.29, 1.82) is 0 Å². The summed E-state index contributed by atoms with van der Waals surface area (Å²) in [6.45, 7) is 11.5. The van der Waals surface area contributed by atoms with E-state index < -0.39 is 23.6 Å². The van der Waals surface area contributed by atoms with E-state index >= 15 is 0 Å². The minimum absolute atomic E-state index is 0.195. The molecule has 0 spiro atoms. The van der Waals surface area contributed by atoms with Gasteiger partial charge in [-0.1, -0.05) is 30.3 Å². The third-order valence-corrected chi connectivity index (χ3v) is 10.5. The first kappa shape index (κ1) is 47.5.